The molecule has 1 N–H and O–H groups in total. The van der Waals surface area contributed by atoms with E-state index in [1.54, 1.807) is 23.3 Å². The zero-order chi connectivity index (χ0) is 26.9. The average molecular weight is 536 g/mol. The quantitative estimate of drug-likeness (QED) is 0.303. The highest BCUT2D eigenvalue weighted by Crippen LogP contribution is 2.69. The highest BCUT2D eigenvalue weighted by Gasteiger charge is 2.71. The lowest BCUT2D eigenvalue weighted by atomic mass is 9.43. The van der Waals surface area contributed by atoms with Crippen molar-refractivity contribution in [2.24, 2.45) is 11.3 Å². The van der Waals surface area contributed by atoms with Crippen molar-refractivity contribution in [2.45, 2.75) is 24.2 Å². The van der Waals surface area contributed by atoms with Crippen LogP contribution in [0.1, 0.15) is 40.3 Å². The molecular formula is C33H29NO4S. The maximum Gasteiger partial charge on any atom is 0.312 e. The number of benzene rings is 3. The van der Waals surface area contributed by atoms with E-state index in [4.69, 9.17) is 4.74 Å². The number of ether oxygens (including phenoxy) is 1. The first-order valence-corrected chi connectivity index (χ1v) is 14.2. The van der Waals surface area contributed by atoms with E-state index in [-0.39, 0.29) is 24.3 Å². The predicted molar refractivity (Wildman–Crippen MR) is 153 cm³/mol. The smallest absolute Gasteiger partial charge is 0.312 e. The second kappa shape index (κ2) is 8.55. The Hall–Kier alpha value is -3.90. The highest BCUT2D eigenvalue weighted by molar-refractivity contribution is 7.19. The minimum atomic E-state index is -1.07. The largest absolute Gasteiger partial charge is 0.496 e. The summed E-state index contributed by atoms with van der Waals surface area (Å²) in [7, 11) is 1.57. The fourth-order valence-electron chi connectivity index (χ4n) is 7.94. The molecule has 1 aliphatic heterocycles. The fourth-order valence-corrected chi connectivity index (χ4v) is 9.29. The van der Waals surface area contributed by atoms with E-state index < -0.39 is 16.8 Å². The van der Waals surface area contributed by atoms with Gasteiger partial charge in [-0.05, 0) is 47.6 Å². The van der Waals surface area contributed by atoms with Crippen molar-refractivity contribution in [2.75, 3.05) is 20.2 Å². The van der Waals surface area contributed by atoms with Gasteiger partial charge >= 0.3 is 5.97 Å². The van der Waals surface area contributed by atoms with Crippen molar-refractivity contribution in [3.63, 3.8) is 0 Å². The van der Waals surface area contributed by atoms with Gasteiger partial charge in [-0.1, -0.05) is 67.2 Å². The SMILES string of the molecule is C=C(C(=O)N1C[C@H]2[C@@]3(c4cc5ccccc5s4)CC[C@@H](c4ccccc43)[C@@]2(C(=O)O)C1)c1ccccc1OC. The maximum absolute atomic E-state index is 14.0. The number of carboxylic acid groups (broad SMARTS) is 1. The van der Waals surface area contributed by atoms with Gasteiger partial charge in [0.1, 0.15) is 5.75 Å². The van der Waals surface area contributed by atoms with Crippen molar-refractivity contribution in [1.29, 1.82) is 0 Å². The molecule has 3 aromatic carbocycles. The third-order valence-electron chi connectivity index (χ3n) is 9.58. The average Bonchev–Trinajstić information content (AvgIpc) is 3.61. The molecule has 4 aromatic rings. The molecule has 1 aromatic heterocycles. The molecule has 1 saturated heterocycles. The highest BCUT2D eigenvalue weighted by atomic mass is 32.1. The van der Waals surface area contributed by atoms with Crippen LogP contribution in [0.4, 0.5) is 0 Å². The summed E-state index contributed by atoms with van der Waals surface area (Å²) in [6.45, 7) is 4.69. The Morgan fingerprint density at radius 1 is 1.05 bits per heavy atom. The Morgan fingerprint density at radius 2 is 1.79 bits per heavy atom. The molecule has 4 atom stereocenters. The second-order valence-corrected chi connectivity index (χ2v) is 12.1. The fraction of sp³-hybridized carbons (Fsp3) is 0.273. The molecule has 0 spiro atoms. The van der Waals surface area contributed by atoms with E-state index in [1.165, 1.54) is 20.5 Å². The van der Waals surface area contributed by atoms with Gasteiger partial charge in [0.15, 0.2) is 0 Å². The monoisotopic (exact) mass is 535 g/mol. The van der Waals surface area contributed by atoms with Gasteiger partial charge < -0.3 is 14.7 Å². The van der Waals surface area contributed by atoms with Crippen molar-refractivity contribution in [3.8, 4) is 5.75 Å². The number of carbonyl (C=O) groups excluding carboxylic acids is 1. The number of para-hydroxylation sites is 1. The topological polar surface area (TPSA) is 66.8 Å². The van der Waals surface area contributed by atoms with Crippen molar-refractivity contribution in [1.82, 2.24) is 4.90 Å². The summed E-state index contributed by atoms with van der Waals surface area (Å²) < 4.78 is 6.69. The number of aliphatic carboxylic acids is 1. The normalized spacial score (nSPS) is 26.7. The van der Waals surface area contributed by atoms with Gasteiger partial charge in [-0.25, -0.2) is 0 Å². The van der Waals surface area contributed by atoms with E-state index >= 15 is 0 Å². The molecule has 2 fully saturated rings. The lowest BCUT2D eigenvalue weighted by molar-refractivity contribution is -0.157. The molecule has 5 nitrogen and oxygen atoms in total. The molecule has 3 aliphatic carbocycles. The Morgan fingerprint density at radius 3 is 2.59 bits per heavy atom. The zero-order valence-electron chi connectivity index (χ0n) is 21.7. The van der Waals surface area contributed by atoms with E-state index in [0.29, 0.717) is 23.4 Å². The third-order valence-corrected chi connectivity index (χ3v) is 10.9. The summed E-state index contributed by atoms with van der Waals surface area (Å²) in [5.41, 5.74) is 1.76. The third kappa shape index (κ3) is 3.12. The predicted octanol–water partition coefficient (Wildman–Crippen LogP) is 6.33. The van der Waals surface area contributed by atoms with Crippen LogP contribution in [0.15, 0.2) is 85.4 Å². The van der Waals surface area contributed by atoms with E-state index in [0.717, 1.165) is 18.4 Å². The van der Waals surface area contributed by atoms with Crippen LogP contribution >= 0.6 is 11.3 Å². The van der Waals surface area contributed by atoms with E-state index in [1.807, 2.05) is 42.5 Å². The number of thiophene rings is 1. The van der Waals surface area contributed by atoms with Crippen LogP contribution < -0.4 is 4.74 Å². The summed E-state index contributed by atoms with van der Waals surface area (Å²) in [5.74, 6) is -0.863. The Kier molecular flexibility index (Phi) is 5.30. The van der Waals surface area contributed by atoms with Gasteiger partial charge in [-0.2, -0.15) is 0 Å². The standard InChI is InChI=1S/C33H29NO4S/c1-20(22-10-5-7-13-26(22)38-2)30(35)34-18-28-32(29-17-21-9-3-8-14-27(21)39-29)16-15-25(33(28,19-34)31(36)37)23-11-4-6-12-24(23)32/h3-14,17,25,28H,1,15-16,18-19H2,2H3,(H,36,37)/t25-,28-,32+,33-/m0/s1. The minimum absolute atomic E-state index is 0.148. The van der Waals surface area contributed by atoms with Gasteiger partial charge in [0, 0.05) is 51.1 Å². The number of likely N-dealkylation sites (tertiary alicyclic amines) is 1. The Balaban J connectivity index is 1.39. The maximum atomic E-state index is 14.0. The number of amides is 1. The summed E-state index contributed by atoms with van der Waals surface area (Å²) in [4.78, 5) is 30.4. The molecule has 0 radical (unpaired) electrons. The zero-order valence-corrected chi connectivity index (χ0v) is 22.5. The first kappa shape index (κ1) is 24.2. The molecule has 1 amide bonds. The van der Waals surface area contributed by atoms with Crippen LogP contribution in [0, 0.1) is 11.3 Å². The molecule has 2 heterocycles. The number of hydrogen-bond acceptors (Lipinski definition) is 4. The number of rotatable bonds is 5. The van der Waals surface area contributed by atoms with Crippen LogP contribution in [0.5, 0.6) is 5.75 Å². The number of nitrogens with zero attached hydrogens (tertiary/aromatic N) is 1. The summed E-state index contributed by atoms with van der Waals surface area (Å²) in [6, 6.07) is 26.3. The van der Waals surface area contributed by atoms with Crippen LogP contribution in [0.2, 0.25) is 0 Å². The van der Waals surface area contributed by atoms with Crippen molar-refractivity contribution in [3.05, 3.63) is 107 Å². The lowest BCUT2D eigenvalue weighted by Crippen LogP contribution is -2.60. The molecule has 8 rings (SSSR count). The second-order valence-electron chi connectivity index (χ2n) is 11.1. The first-order chi connectivity index (χ1) is 18.9. The number of carboxylic acids is 1. The van der Waals surface area contributed by atoms with Gasteiger partial charge in [-0.15, -0.1) is 11.3 Å². The lowest BCUT2D eigenvalue weighted by Gasteiger charge is -2.58. The number of methoxy groups -OCH3 is 1. The summed E-state index contributed by atoms with van der Waals surface area (Å²) in [5, 5.41) is 12.2. The molecule has 39 heavy (non-hydrogen) atoms. The van der Waals surface area contributed by atoms with Crippen LogP contribution in [0.25, 0.3) is 15.7 Å². The summed E-state index contributed by atoms with van der Waals surface area (Å²) >= 11 is 1.76. The molecule has 4 aliphatic rings. The van der Waals surface area contributed by atoms with Gasteiger partial charge in [0.2, 0.25) is 0 Å². The number of hydrogen-bond donors (Lipinski definition) is 1. The number of fused-ring (bicyclic) bond motifs is 2. The molecular weight excluding hydrogens is 506 g/mol. The number of carbonyl (C=O) groups is 2. The molecule has 196 valence electrons. The molecule has 1 saturated carbocycles. The molecule has 0 unspecified atom stereocenters. The van der Waals surface area contributed by atoms with E-state index in [2.05, 4.69) is 43.0 Å². The van der Waals surface area contributed by atoms with E-state index in [9.17, 15) is 14.7 Å². The van der Waals surface area contributed by atoms with Crippen molar-refractivity contribution >= 4 is 38.9 Å². The van der Waals surface area contributed by atoms with Crippen molar-refractivity contribution < 1.29 is 19.4 Å². The van der Waals surface area contributed by atoms with Gasteiger partial charge in [0.05, 0.1) is 12.5 Å². The van der Waals surface area contributed by atoms with Crippen LogP contribution in [-0.2, 0) is 15.0 Å². The minimum Gasteiger partial charge on any atom is -0.496 e. The molecule has 6 heteroatoms. The van der Waals surface area contributed by atoms with Crippen LogP contribution in [0.3, 0.4) is 0 Å². The van der Waals surface area contributed by atoms with Crippen LogP contribution in [-0.4, -0.2) is 42.1 Å². The Labute approximate surface area is 231 Å². The Bertz CT molecular complexity index is 1640. The first-order valence-electron chi connectivity index (χ1n) is 13.3. The van der Waals surface area contributed by atoms with Gasteiger partial charge in [0.25, 0.3) is 5.91 Å². The van der Waals surface area contributed by atoms with Gasteiger partial charge in [-0.3, -0.25) is 9.59 Å². The molecule has 2 bridgehead atoms. The summed E-state index contributed by atoms with van der Waals surface area (Å²) in [6.07, 6.45) is 1.65.